The van der Waals surface area contributed by atoms with Crippen LogP contribution >= 0.6 is 0 Å². The van der Waals surface area contributed by atoms with Gasteiger partial charge in [0, 0.05) is 0 Å². The fourth-order valence-electron chi connectivity index (χ4n) is 3.27. The molecule has 1 aliphatic rings. The molecular weight excluding hydrogens is 306 g/mol. The molecule has 124 valence electrons. The summed E-state index contributed by atoms with van der Waals surface area (Å²) in [5.41, 5.74) is 17.5. The fourth-order valence-corrected chi connectivity index (χ4v) is 3.27. The van der Waals surface area contributed by atoms with Crippen molar-refractivity contribution in [1.82, 2.24) is 0 Å². The van der Waals surface area contributed by atoms with Crippen molar-refractivity contribution < 1.29 is 0 Å². The van der Waals surface area contributed by atoms with E-state index in [1.807, 2.05) is 48.5 Å². The van der Waals surface area contributed by atoms with Crippen LogP contribution in [0.15, 0.2) is 71.7 Å². The number of fused-ring (bicyclic) bond motifs is 2. The van der Waals surface area contributed by atoms with Crippen LogP contribution in [0.5, 0.6) is 0 Å². The summed E-state index contributed by atoms with van der Waals surface area (Å²) in [7, 11) is 0. The molecule has 3 nitrogen and oxygen atoms in total. The first-order valence-electron chi connectivity index (χ1n) is 8.47. The second-order valence-corrected chi connectivity index (χ2v) is 6.37. The standard InChI is InChI=1S/C22H19N3/c23-21(19-11-9-15-5-1-3-7-17(15)13-19)25-22(24)20-12-10-16-6-2-4-8-18(16)14-20/h1-11,13-14,20-21,23H,12H2,(H-,24,25)/q-2. The van der Waals surface area contributed by atoms with Gasteiger partial charge >= 0.3 is 0 Å². The molecule has 0 fully saturated rings. The van der Waals surface area contributed by atoms with E-state index in [1.54, 1.807) is 0 Å². The van der Waals surface area contributed by atoms with Gasteiger partial charge in [0.15, 0.2) is 0 Å². The van der Waals surface area contributed by atoms with Gasteiger partial charge in [-0.1, -0.05) is 90.3 Å². The third-order valence-corrected chi connectivity index (χ3v) is 4.68. The molecule has 0 radical (unpaired) electrons. The smallest absolute Gasteiger partial charge is 0.00234 e. The van der Waals surface area contributed by atoms with Gasteiger partial charge in [-0.05, 0) is 33.5 Å². The van der Waals surface area contributed by atoms with E-state index in [4.69, 9.17) is 11.5 Å². The lowest BCUT2D eigenvalue weighted by atomic mass is 9.96. The highest BCUT2D eigenvalue weighted by atomic mass is 15.0. The third kappa shape index (κ3) is 3.19. The molecule has 0 saturated carbocycles. The summed E-state index contributed by atoms with van der Waals surface area (Å²) in [4.78, 5) is 4.35. The maximum Gasteiger partial charge on any atom is -0.00234 e. The van der Waals surface area contributed by atoms with Crippen molar-refractivity contribution >= 4 is 28.8 Å². The Balaban J connectivity index is 1.61. The molecule has 2 unspecified atom stereocenters. The maximum absolute atomic E-state index is 8.35. The summed E-state index contributed by atoms with van der Waals surface area (Å²) < 4.78 is 0. The van der Waals surface area contributed by atoms with Crippen molar-refractivity contribution in [2.24, 2.45) is 10.9 Å². The molecule has 3 aromatic rings. The number of hydrogen-bond donors (Lipinski definition) is 0. The van der Waals surface area contributed by atoms with Crippen LogP contribution in [0.3, 0.4) is 0 Å². The van der Waals surface area contributed by atoms with Crippen LogP contribution in [0, 0.1) is 5.92 Å². The first-order valence-corrected chi connectivity index (χ1v) is 8.47. The monoisotopic (exact) mass is 325 g/mol. The molecule has 0 saturated heterocycles. The second-order valence-electron chi connectivity index (χ2n) is 6.37. The molecule has 1 aliphatic carbocycles. The molecule has 0 aromatic heterocycles. The normalized spacial score (nSPS) is 18.1. The van der Waals surface area contributed by atoms with Gasteiger partial charge in [-0.15, -0.1) is 6.17 Å². The zero-order valence-corrected chi connectivity index (χ0v) is 13.8. The van der Waals surface area contributed by atoms with Gasteiger partial charge in [-0.3, -0.25) is 0 Å². The van der Waals surface area contributed by atoms with Gasteiger partial charge in [0.1, 0.15) is 0 Å². The van der Waals surface area contributed by atoms with Gasteiger partial charge in [0.25, 0.3) is 0 Å². The molecule has 0 bridgehead atoms. The Morgan fingerprint density at radius 1 is 0.920 bits per heavy atom. The molecule has 4 rings (SSSR count). The summed E-state index contributed by atoms with van der Waals surface area (Å²) in [5, 5.41) is 4.61. The third-order valence-electron chi connectivity index (χ3n) is 4.68. The minimum absolute atomic E-state index is 0.0526. The van der Waals surface area contributed by atoms with E-state index >= 15 is 0 Å². The highest BCUT2D eigenvalue weighted by molar-refractivity contribution is 5.97. The van der Waals surface area contributed by atoms with E-state index in [0.717, 1.165) is 28.0 Å². The van der Waals surface area contributed by atoms with Crippen LogP contribution in [0.25, 0.3) is 34.4 Å². The molecule has 25 heavy (non-hydrogen) atoms. The van der Waals surface area contributed by atoms with Gasteiger partial charge < -0.3 is 16.5 Å². The van der Waals surface area contributed by atoms with Gasteiger partial charge in [0.2, 0.25) is 0 Å². The summed E-state index contributed by atoms with van der Waals surface area (Å²) in [6, 6.07) is 22.2. The molecule has 2 N–H and O–H groups in total. The Bertz CT molecular complexity index is 1070. The first-order chi connectivity index (χ1) is 12.2. The number of rotatable bonds is 3. The van der Waals surface area contributed by atoms with E-state index in [2.05, 4.69) is 35.3 Å². The lowest BCUT2D eigenvalue weighted by Gasteiger charge is -2.29. The average molecular weight is 325 g/mol. The molecular formula is C22H19N3-2. The van der Waals surface area contributed by atoms with Crippen LogP contribution in [0.2, 0.25) is 0 Å². The second kappa shape index (κ2) is 6.54. The number of benzene rings is 3. The summed E-state index contributed by atoms with van der Waals surface area (Å²) in [5.74, 6) is 0.224. The van der Waals surface area contributed by atoms with Crippen molar-refractivity contribution in [2.45, 2.75) is 12.6 Å². The van der Waals surface area contributed by atoms with Gasteiger partial charge in [-0.25, -0.2) is 0 Å². The minimum Gasteiger partial charge on any atom is -0.672 e. The number of amidine groups is 1. The molecule has 0 spiro atoms. The van der Waals surface area contributed by atoms with Crippen molar-refractivity contribution in [1.29, 1.82) is 0 Å². The molecule has 0 heterocycles. The summed E-state index contributed by atoms with van der Waals surface area (Å²) in [6.45, 7) is 0. The number of hydrogen-bond acceptors (Lipinski definition) is 1. The highest BCUT2D eigenvalue weighted by Gasteiger charge is 2.07. The van der Waals surface area contributed by atoms with Crippen molar-refractivity contribution in [3.63, 3.8) is 0 Å². The van der Waals surface area contributed by atoms with Crippen LogP contribution in [-0.4, -0.2) is 5.84 Å². The van der Waals surface area contributed by atoms with E-state index in [9.17, 15) is 0 Å². The molecule has 0 aliphatic heterocycles. The predicted molar refractivity (Wildman–Crippen MR) is 105 cm³/mol. The highest BCUT2D eigenvalue weighted by Crippen LogP contribution is 2.25. The Labute approximate surface area is 147 Å². The van der Waals surface area contributed by atoms with E-state index in [-0.39, 0.29) is 11.8 Å². The topological polar surface area (TPSA) is 60.0 Å². The lowest BCUT2D eigenvalue weighted by Crippen LogP contribution is -2.30. The maximum atomic E-state index is 8.35. The molecule has 0 amide bonds. The molecule has 3 aromatic carbocycles. The minimum atomic E-state index is -0.761. The van der Waals surface area contributed by atoms with Crippen LogP contribution in [0.1, 0.15) is 18.2 Å². The summed E-state index contributed by atoms with van der Waals surface area (Å²) in [6.07, 6.45) is 4.25. The lowest BCUT2D eigenvalue weighted by molar-refractivity contribution is 0.874. The number of nitrogens with one attached hydrogen (secondary N) is 2. The quantitative estimate of drug-likeness (QED) is 0.498. The molecule has 2 atom stereocenters. The number of nitrogens with zero attached hydrogens (tertiary/aromatic N) is 1. The SMILES string of the molecule is [NH-]/C(=N\C([NH-])c1ccc2ccccc2c1)C1C=c2ccccc2=CC1. The van der Waals surface area contributed by atoms with Gasteiger partial charge in [0.05, 0.1) is 0 Å². The van der Waals surface area contributed by atoms with E-state index in [1.165, 1.54) is 5.22 Å². The van der Waals surface area contributed by atoms with E-state index in [0.29, 0.717) is 0 Å². The fraction of sp³-hybridized carbons (Fsp3) is 0.136. The molecule has 3 heteroatoms. The zero-order chi connectivity index (χ0) is 17.2. The zero-order valence-electron chi connectivity index (χ0n) is 13.8. The Kier molecular flexibility index (Phi) is 4.08. The van der Waals surface area contributed by atoms with Crippen molar-refractivity contribution in [3.05, 3.63) is 94.2 Å². The largest absolute Gasteiger partial charge is 0.672 e. The van der Waals surface area contributed by atoms with E-state index < -0.39 is 6.17 Å². The van der Waals surface area contributed by atoms with Gasteiger partial charge in [-0.2, -0.15) is 0 Å². The Morgan fingerprint density at radius 2 is 1.64 bits per heavy atom. The Hall–Kier alpha value is -2.91. The Morgan fingerprint density at radius 3 is 2.48 bits per heavy atom. The van der Waals surface area contributed by atoms with Crippen LogP contribution in [-0.2, 0) is 0 Å². The average Bonchev–Trinajstić information content (AvgIpc) is 2.67. The predicted octanol–water partition coefficient (Wildman–Crippen LogP) is 4.62. The summed E-state index contributed by atoms with van der Waals surface area (Å²) >= 11 is 0. The van der Waals surface area contributed by atoms with Crippen LogP contribution in [0.4, 0.5) is 0 Å². The first kappa shape index (κ1) is 15.6. The van der Waals surface area contributed by atoms with Crippen molar-refractivity contribution in [2.75, 3.05) is 0 Å². The number of aliphatic imine (C=N–C) groups is 1. The van der Waals surface area contributed by atoms with Crippen molar-refractivity contribution in [3.8, 4) is 0 Å². The van der Waals surface area contributed by atoms with Crippen LogP contribution < -0.4 is 10.4 Å².